The van der Waals surface area contributed by atoms with Crippen LogP contribution in [-0.2, 0) is 28.7 Å². The van der Waals surface area contributed by atoms with Gasteiger partial charge >= 0.3 is 0 Å². The predicted octanol–water partition coefficient (Wildman–Crippen LogP) is 9.13. The maximum atomic E-state index is 13.3. The van der Waals surface area contributed by atoms with Crippen LogP contribution in [0, 0.1) is 0 Å². The first-order chi connectivity index (χ1) is 23.7. The zero-order chi connectivity index (χ0) is 38.5. The van der Waals surface area contributed by atoms with Crippen LogP contribution in [0.2, 0.25) is 74.5 Å². The Morgan fingerprint density at radius 3 is 2.02 bits per heavy atom. The highest BCUT2D eigenvalue weighted by Gasteiger charge is 2.34. The molecule has 10 nitrogen and oxygen atoms in total. The van der Waals surface area contributed by atoms with Crippen LogP contribution in [-0.4, -0.2) is 84.9 Å². The van der Waals surface area contributed by atoms with Crippen LogP contribution in [0.3, 0.4) is 0 Å². The van der Waals surface area contributed by atoms with E-state index in [4.69, 9.17) is 35.0 Å². The molecular formula is C35H60BrClN2O8SSi3. The van der Waals surface area contributed by atoms with E-state index in [2.05, 4.69) is 81.3 Å². The van der Waals surface area contributed by atoms with Crippen molar-refractivity contribution in [1.82, 2.24) is 5.32 Å². The van der Waals surface area contributed by atoms with Crippen molar-refractivity contribution in [2.24, 2.45) is 0 Å². The summed E-state index contributed by atoms with van der Waals surface area (Å²) in [5.41, 5.74) is 1.03. The smallest absolute Gasteiger partial charge is 0.258 e. The molecule has 1 amide bonds. The summed E-state index contributed by atoms with van der Waals surface area (Å²) in [7, 11) is -8.72. The minimum absolute atomic E-state index is 0.0270. The number of amides is 1. The summed E-state index contributed by atoms with van der Waals surface area (Å²) in [5, 5.41) is 3.36. The topological polar surface area (TPSA) is 113 Å². The molecule has 0 heterocycles. The van der Waals surface area contributed by atoms with Crippen LogP contribution in [0.15, 0.2) is 40.9 Å². The predicted molar refractivity (Wildman–Crippen MR) is 221 cm³/mol. The molecule has 0 aliphatic rings. The molecule has 0 aromatic heterocycles. The van der Waals surface area contributed by atoms with Gasteiger partial charge in [-0.15, -0.1) is 0 Å². The van der Waals surface area contributed by atoms with Crippen LogP contribution in [0.1, 0.15) is 32.4 Å². The van der Waals surface area contributed by atoms with Gasteiger partial charge in [-0.3, -0.25) is 4.79 Å². The summed E-state index contributed by atoms with van der Waals surface area (Å²) >= 11 is 9.65. The number of ether oxygens (including phenoxy) is 4. The number of carbonyl (C=O) groups excluding carboxylic acids is 1. The zero-order valence-electron chi connectivity index (χ0n) is 32.2. The average molecular weight is 869 g/mol. The maximum Gasteiger partial charge on any atom is 0.258 e. The maximum absolute atomic E-state index is 13.3. The average Bonchev–Trinajstić information content (AvgIpc) is 3.03. The molecule has 0 spiro atoms. The number of benzene rings is 2. The highest BCUT2D eigenvalue weighted by atomic mass is 79.9. The molecule has 0 radical (unpaired) electrons. The third kappa shape index (κ3) is 16.6. The first-order valence-corrected chi connectivity index (χ1v) is 30.6. The van der Waals surface area contributed by atoms with E-state index >= 15 is 0 Å². The van der Waals surface area contributed by atoms with Crippen LogP contribution in [0.5, 0.6) is 11.5 Å². The van der Waals surface area contributed by atoms with Gasteiger partial charge in [0.25, 0.3) is 5.91 Å². The van der Waals surface area contributed by atoms with Crippen LogP contribution in [0.4, 0.5) is 5.69 Å². The van der Waals surface area contributed by atoms with Gasteiger partial charge in [0.05, 0.1) is 23.1 Å². The minimum Gasteiger partial charge on any atom is -0.482 e. The lowest BCUT2D eigenvalue weighted by Crippen LogP contribution is -2.41. The number of sulfonamides is 1. The Hall–Kier alpha value is -1.44. The van der Waals surface area contributed by atoms with Gasteiger partial charge in [-0.05, 0) is 66.1 Å². The zero-order valence-corrected chi connectivity index (χ0v) is 38.4. The van der Waals surface area contributed by atoms with E-state index in [1.165, 1.54) is 4.31 Å². The van der Waals surface area contributed by atoms with E-state index in [0.717, 1.165) is 40.9 Å². The monoisotopic (exact) mass is 866 g/mol. The molecular weight excluding hydrogens is 808 g/mol. The van der Waals surface area contributed by atoms with Gasteiger partial charge in [-0.1, -0.05) is 93.7 Å². The Morgan fingerprint density at radius 2 is 1.47 bits per heavy atom. The highest BCUT2D eigenvalue weighted by Crippen LogP contribution is 2.37. The lowest BCUT2D eigenvalue weighted by atomic mass is 10.1. The summed E-state index contributed by atoms with van der Waals surface area (Å²) in [6.07, 6.45) is 0.594. The molecule has 290 valence electrons. The van der Waals surface area contributed by atoms with Crippen LogP contribution in [0.25, 0.3) is 0 Å². The number of hydrogen-bond acceptors (Lipinski definition) is 8. The van der Waals surface area contributed by atoms with Gasteiger partial charge in [-0.25, -0.2) is 12.7 Å². The Kier molecular flexibility index (Phi) is 18.7. The summed E-state index contributed by atoms with van der Waals surface area (Å²) in [6, 6.07) is 15.1. The van der Waals surface area contributed by atoms with Crippen molar-refractivity contribution in [3.63, 3.8) is 0 Å². The van der Waals surface area contributed by atoms with Crippen molar-refractivity contribution in [1.29, 1.82) is 0 Å². The van der Waals surface area contributed by atoms with E-state index < -0.39 is 40.6 Å². The Labute approximate surface area is 323 Å². The number of nitrogens with one attached hydrogen (secondary N) is 1. The van der Waals surface area contributed by atoms with Crippen LogP contribution < -0.4 is 19.1 Å². The fourth-order valence-corrected chi connectivity index (χ4v) is 10.8. The molecule has 0 fully saturated rings. The summed E-state index contributed by atoms with van der Waals surface area (Å²) in [4.78, 5) is 13.1. The SMILES string of the molecule is CC[Si](CC)(CC)O[C@@H](CNC(=O)COc1ccc(Br)cc1Cl)c1ccc(OCOCC[Si](C)(C)C)c(N(COCC[Si](C)(C)C)S(C)(=O)=O)c1. The Morgan fingerprint density at radius 1 is 0.882 bits per heavy atom. The number of nitrogens with zero attached hydrogens (tertiary/aromatic N) is 1. The number of carbonyl (C=O) groups is 1. The quantitative estimate of drug-likeness (QED) is 0.0632. The van der Waals surface area contributed by atoms with Gasteiger partial charge in [0.1, 0.15) is 18.2 Å². The Bertz CT molecular complexity index is 1500. The van der Waals surface area contributed by atoms with Crippen molar-refractivity contribution in [3.05, 3.63) is 51.5 Å². The van der Waals surface area contributed by atoms with Gasteiger partial charge < -0.3 is 28.7 Å². The molecule has 2 aromatic rings. The summed E-state index contributed by atoms with van der Waals surface area (Å²) in [5.74, 6) is 0.400. The molecule has 0 saturated carbocycles. The van der Waals surface area contributed by atoms with E-state index in [1.807, 2.05) is 6.07 Å². The molecule has 16 heteroatoms. The normalized spacial score (nSPS) is 13.2. The number of rotatable bonds is 24. The molecule has 0 bridgehead atoms. The van der Waals surface area contributed by atoms with Crippen LogP contribution >= 0.6 is 27.5 Å². The largest absolute Gasteiger partial charge is 0.482 e. The number of anilines is 1. The van der Waals surface area contributed by atoms with E-state index in [0.29, 0.717) is 41.0 Å². The lowest BCUT2D eigenvalue weighted by Gasteiger charge is -2.34. The first kappa shape index (κ1) is 45.7. The number of halogens is 2. The molecule has 1 atom stereocenters. The fraction of sp³-hybridized carbons (Fsp3) is 0.629. The molecule has 1 N–H and O–H groups in total. The minimum atomic E-state index is -3.80. The van der Waals surface area contributed by atoms with Crippen molar-refractivity contribution < 1.29 is 36.6 Å². The van der Waals surface area contributed by atoms with Crippen molar-refractivity contribution in [2.75, 3.05) is 50.5 Å². The molecule has 0 aliphatic heterocycles. The van der Waals surface area contributed by atoms with Crippen molar-refractivity contribution in [3.8, 4) is 11.5 Å². The standard InChI is InChI=1S/C35H60BrClN2O8SSi3/c1-11-51(12-2,13-3)47-34(24-38-35(40)25-45-32-17-15-29(36)23-30(32)37)28-14-16-33(46-27-44-19-21-50(8,9)10)31(22-28)39(48(4,41)42)26-43-18-20-49(5,6)7/h14-17,22-23,34H,11-13,18-21,24-27H2,1-10H3,(H,38,40)/t34-/m0/s1. The molecule has 0 aliphatic carbocycles. The van der Waals surface area contributed by atoms with Gasteiger partial charge in [-0.2, -0.15) is 0 Å². The lowest BCUT2D eigenvalue weighted by molar-refractivity contribution is -0.123. The Balaban J connectivity index is 2.47. The second-order valence-corrected chi connectivity index (χ2v) is 34.4. The number of hydrogen-bond donors (Lipinski definition) is 1. The molecule has 0 saturated heterocycles. The molecule has 2 aromatic carbocycles. The second kappa shape index (κ2) is 20.9. The first-order valence-electron chi connectivity index (χ1n) is 17.6. The summed E-state index contributed by atoms with van der Waals surface area (Å²) < 4.78 is 59.2. The van der Waals surface area contributed by atoms with Crippen molar-refractivity contribution >= 4 is 73.6 Å². The van der Waals surface area contributed by atoms with E-state index in [-0.39, 0.29) is 32.6 Å². The molecule has 0 unspecified atom stereocenters. The molecule has 51 heavy (non-hydrogen) atoms. The van der Waals surface area contributed by atoms with Gasteiger partial charge in [0, 0.05) is 40.4 Å². The van der Waals surface area contributed by atoms with Gasteiger partial charge in [0.15, 0.2) is 21.7 Å². The highest BCUT2D eigenvalue weighted by molar-refractivity contribution is 9.10. The fourth-order valence-electron chi connectivity index (χ4n) is 4.99. The third-order valence-electron chi connectivity index (χ3n) is 8.59. The van der Waals surface area contributed by atoms with Crippen molar-refractivity contribution in [2.45, 2.75) is 96.4 Å². The van der Waals surface area contributed by atoms with E-state index in [1.54, 1.807) is 30.3 Å². The second-order valence-electron chi connectivity index (χ2n) is 15.2. The summed E-state index contributed by atoms with van der Waals surface area (Å²) in [6.45, 7) is 20.7. The van der Waals surface area contributed by atoms with E-state index in [9.17, 15) is 13.2 Å². The third-order valence-corrected chi connectivity index (χ3v) is 18.5. The molecule has 2 rings (SSSR count). The van der Waals surface area contributed by atoms with Gasteiger partial charge in [0.2, 0.25) is 10.0 Å².